The highest BCUT2D eigenvalue weighted by Gasteiger charge is 2.13. The minimum Gasteiger partial charge on any atom is -0.379 e. The number of hydrogen-bond acceptors (Lipinski definition) is 4. The number of nitrogens with zero attached hydrogens (tertiary/aromatic N) is 3. The van der Waals surface area contributed by atoms with E-state index in [9.17, 15) is 0 Å². The quantitative estimate of drug-likeness (QED) is 0.423. The van der Waals surface area contributed by atoms with Gasteiger partial charge in [0.1, 0.15) is 5.69 Å². The van der Waals surface area contributed by atoms with Crippen molar-refractivity contribution in [2.45, 2.75) is 6.54 Å². The summed E-state index contributed by atoms with van der Waals surface area (Å²) in [5.74, 6) is 0.709. The van der Waals surface area contributed by atoms with E-state index in [-0.39, 0.29) is 0 Å². The first-order valence-corrected chi connectivity index (χ1v) is 8.92. The predicted molar refractivity (Wildman–Crippen MR) is 108 cm³/mol. The number of aromatic nitrogens is 5. The third-order valence-corrected chi connectivity index (χ3v) is 4.67. The lowest BCUT2D eigenvalue weighted by atomic mass is 10.2. The molecular weight excluding hydrogens is 360 g/mol. The number of imidazole rings is 1. The van der Waals surface area contributed by atoms with Gasteiger partial charge in [-0.15, -0.1) is 0 Å². The Morgan fingerprint density at radius 3 is 2.85 bits per heavy atom. The summed E-state index contributed by atoms with van der Waals surface area (Å²) in [6, 6.07) is 17.6. The highest BCUT2D eigenvalue weighted by atomic mass is 35.5. The van der Waals surface area contributed by atoms with Gasteiger partial charge in [-0.1, -0.05) is 17.7 Å². The number of nitrogens with one attached hydrogen (secondary N) is 3. The van der Waals surface area contributed by atoms with Crippen LogP contribution in [0.1, 0.15) is 5.69 Å². The van der Waals surface area contributed by atoms with Gasteiger partial charge < -0.3 is 10.3 Å². The first kappa shape index (κ1) is 15.8. The molecule has 3 N–H and O–H groups in total. The topological polar surface area (TPSA) is 82.3 Å². The Hall–Kier alpha value is -3.38. The van der Waals surface area contributed by atoms with Gasteiger partial charge in [0.15, 0.2) is 5.82 Å². The first-order chi connectivity index (χ1) is 13.3. The van der Waals surface area contributed by atoms with Gasteiger partial charge in [0.25, 0.3) is 0 Å². The van der Waals surface area contributed by atoms with Gasteiger partial charge in [0.05, 0.1) is 28.8 Å². The summed E-state index contributed by atoms with van der Waals surface area (Å²) >= 11 is 6.13. The Bertz CT molecular complexity index is 1240. The molecule has 0 radical (unpaired) electrons. The van der Waals surface area contributed by atoms with E-state index in [1.807, 2.05) is 54.6 Å². The van der Waals surface area contributed by atoms with Gasteiger partial charge in [-0.25, -0.2) is 4.98 Å². The molecule has 0 unspecified atom stereocenters. The summed E-state index contributed by atoms with van der Waals surface area (Å²) in [5, 5.41) is 12.4. The zero-order chi connectivity index (χ0) is 18.2. The van der Waals surface area contributed by atoms with E-state index in [2.05, 4.69) is 30.5 Å². The molecule has 0 atom stereocenters. The molecule has 0 aliphatic rings. The number of rotatable bonds is 4. The van der Waals surface area contributed by atoms with Gasteiger partial charge in [0.2, 0.25) is 0 Å². The molecule has 0 fully saturated rings. The van der Waals surface area contributed by atoms with Crippen LogP contribution in [-0.4, -0.2) is 25.1 Å². The van der Waals surface area contributed by atoms with Crippen molar-refractivity contribution in [1.82, 2.24) is 25.1 Å². The van der Waals surface area contributed by atoms with Crippen LogP contribution in [0, 0.1) is 0 Å². The molecule has 5 aromatic rings. The standard InChI is InChI=1S/C20H15ClN6/c21-12-4-6-16-15(9-12)19(27-26-16)20-24-17-7-5-13(10-18(17)25-20)23-11-14-3-1-2-8-22-14/h1-10,23H,11H2,(H,24,25)(H,26,27). The Kier molecular flexibility index (Phi) is 3.76. The Balaban J connectivity index is 1.47. The molecule has 7 heteroatoms. The summed E-state index contributed by atoms with van der Waals surface area (Å²) in [6.07, 6.45) is 1.79. The number of pyridine rings is 1. The van der Waals surface area contributed by atoms with Gasteiger partial charge in [0, 0.05) is 22.3 Å². The van der Waals surface area contributed by atoms with E-state index in [0.717, 1.165) is 39.0 Å². The molecule has 5 rings (SSSR count). The van der Waals surface area contributed by atoms with Crippen LogP contribution in [0.4, 0.5) is 5.69 Å². The molecule has 0 spiro atoms. The number of aromatic amines is 2. The summed E-state index contributed by atoms with van der Waals surface area (Å²) in [4.78, 5) is 12.4. The number of fused-ring (bicyclic) bond motifs is 2. The maximum Gasteiger partial charge on any atom is 0.159 e. The van der Waals surface area contributed by atoms with Crippen molar-refractivity contribution < 1.29 is 0 Å². The highest BCUT2D eigenvalue weighted by molar-refractivity contribution is 6.31. The van der Waals surface area contributed by atoms with Crippen molar-refractivity contribution in [3.63, 3.8) is 0 Å². The summed E-state index contributed by atoms with van der Waals surface area (Å²) in [6.45, 7) is 0.663. The minimum atomic E-state index is 0.663. The predicted octanol–water partition coefficient (Wildman–Crippen LogP) is 4.77. The van der Waals surface area contributed by atoms with E-state index >= 15 is 0 Å². The lowest BCUT2D eigenvalue weighted by Gasteiger charge is -2.05. The summed E-state index contributed by atoms with van der Waals surface area (Å²) in [5.41, 5.74) is 5.49. The molecule has 132 valence electrons. The van der Waals surface area contributed by atoms with Crippen LogP contribution in [0.5, 0.6) is 0 Å². The molecule has 0 saturated carbocycles. The van der Waals surface area contributed by atoms with Gasteiger partial charge in [-0.2, -0.15) is 5.10 Å². The average molecular weight is 375 g/mol. The number of anilines is 1. The molecule has 0 aliphatic heterocycles. The van der Waals surface area contributed by atoms with E-state index in [4.69, 9.17) is 11.6 Å². The lowest BCUT2D eigenvalue weighted by molar-refractivity contribution is 1.05. The van der Waals surface area contributed by atoms with Crippen molar-refractivity contribution in [1.29, 1.82) is 0 Å². The van der Waals surface area contributed by atoms with Crippen LogP contribution in [0.3, 0.4) is 0 Å². The smallest absolute Gasteiger partial charge is 0.159 e. The van der Waals surface area contributed by atoms with Crippen molar-refractivity contribution in [3.8, 4) is 11.5 Å². The van der Waals surface area contributed by atoms with Crippen LogP contribution in [0.15, 0.2) is 60.8 Å². The van der Waals surface area contributed by atoms with E-state index in [0.29, 0.717) is 17.4 Å². The largest absolute Gasteiger partial charge is 0.379 e. The number of H-pyrrole nitrogens is 2. The molecule has 3 aromatic heterocycles. The van der Waals surface area contributed by atoms with Crippen molar-refractivity contribution in [2.75, 3.05) is 5.32 Å². The zero-order valence-electron chi connectivity index (χ0n) is 14.2. The average Bonchev–Trinajstić information content (AvgIpc) is 3.30. The summed E-state index contributed by atoms with van der Waals surface area (Å²) in [7, 11) is 0. The highest BCUT2D eigenvalue weighted by Crippen LogP contribution is 2.29. The Morgan fingerprint density at radius 1 is 1.00 bits per heavy atom. The third-order valence-electron chi connectivity index (χ3n) is 4.43. The minimum absolute atomic E-state index is 0.663. The number of benzene rings is 2. The zero-order valence-corrected chi connectivity index (χ0v) is 15.0. The molecule has 2 aromatic carbocycles. The normalized spacial score (nSPS) is 11.3. The molecule has 0 aliphatic carbocycles. The Labute approximate surface area is 159 Å². The number of halogens is 1. The van der Waals surface area contributed by atoms with Crippen LogP contribution < -0.4 is 5.32 Å². The molecule has 6 nitrogen and oxygen atoms in total. The van der Waals surface area contributed by atoms with Gasteiger partial charge >= 0.3 is 0 Å². The molecule has 0 bridgehead atoms. The van der Waals surface area contributed by atoms with E-state index in [1.54, 1.807) is 6.20 Å². The van der Waals surface area contributed by atoms with Gasteiger partial charge in [-0.3, -0.25) is 10.1 Å². The van der Waals surface area contributed by atoms with Crippen LogP contribution in [-0.2, 0) is 6.54 Å². The summed E-state index contributed by atoms with van der Waals surface area (Å²) < 4.78 is 0. The van der Waals surface area contributed by atoms with Crippen molar-refractivity contribution in [3.05, 3.63) is 71.5 Å². The molecule has 0 amide bonds. The third kappa shape index (κ3) is 3.00. The van der Waals surface area contributed by atoms with Crippen LogP contribution >= 0.6 is 11.6 Å². The molecule has 0 saturated heterocycles. The molecule has 3 heterocycles. The Morgan fingerprint density at radius 2 is 1.96 bits per heavy atom. The van der Waals surface area contributed by atoms with E-state index < -0.39 is 0 Å². The second-order valence-corrected chi connectivity index (χ2v) is 6.69. The fourth-order valence-corrected chi connectivity index (χ4v) is 3.27. The van der Waals surface area contributed by atoms with Crippen molar-refractivity contribution >= 4 is 39.2 Å². The SMILES string of the molecule is Clc1ccc2[nH]nc(-c3nc4ccc(NCc5ccccn5)cc4[nH]3)c2c1. The lowest BCUT2D eigenvalue weighted by Crippen LogP contribution is -2.00. The van der Waals surface area contributed by atoms with Gasteiger partial charge in [-0.05, 0) is 48.5 Å². The first-order valence-electron chi connectivity index (χ1n) is 8.54. The second kappa shape index (κ2) is 6.41. The fourth-order valence-electron chi connectivity index (χ4n) is 3.09. The van der Waals surface area contributed by atoms with E-state index in [1.165, 1.54) is 0 Å². The fraction of sp³-hybridized carbons (Fsp3) is 0.0500. The monoisotopic (exact) mass is 374 g/mol. The maximum atomic E-state index is 6.13. The maximum absolute atomic E-state index is 6.13. The van der Waals surface area contributed by atoms with Crippen molar-refractivity contribution in [2.24, 2.45) is 0 Å². The van der Waals surface area contributed by atoms with Crippen LogP contribution in [0.25, 0.3) is 33.5 Å². The molecular formula is C20H15ClN6. The second-order valence-electron chi connectivity index (χ2n) is 6.25. The van der Waals surface area contributed by atoms with Crippen LogP contribution in [0.2, 0.25) is 5.02 Å². The number of hydrogen-bond donors (Lipinski definition) is 3. The molecule has 27 heavy (non-hydrogen) atoms.